The van der Waals surface area contributed by atoms with E-state index in [0.29, 0.717) is 0 Å². The Balaban J connectivity index is 2.50. The van der Waals surface area contributed by atoms with Crippen molar-refractivity contribution in [3.05, 3.63) is 42.2 Å². The van der Waals surface area contributed by atoms with Crippen molar-refractivity contribution in [2.45, 2.75) is 6.04 Å². The Labute approximate surface area is 65.3 Å². The molecule has 0 bridgehead atoms. The van der Waals surface area contributed by atoms with E-state index in [1.807, 2.05) is 30.3 Å². The van der Waals surface area contributed by atoms with Gasteiger partial charge in [-0.05, 0) is 12.1 Å². The van der Waals surface area contributed by atoms with Crippen LogP contribution in [-0.2, 0) is 0 Å². The summed E-state index contributed by atoms with van der Waals surface area (Å²) in [4.78, 5) is 0. The van der Waals surface area contributed by atoms with E-state index in [1.165, 1.54) is 0 Å². The van der Waals surface area contributed by atoms with Crippen LogP contribution >= 0.6 is 0 Å². The van der Waals surface area contributed by atoms with Crippen molar-refractivity contribution in [2.24, 2.45) is 5.73 Å². The van der Waals surface area contributed by atoms with E-state index in [1.54, 1.807) is 6.26 Å². The number of nitrogens with two attached hydrogens (primary N) is 1. The Kier molecular flexibility index (Phi) is 1.40. The summed E-state index contributed by atoms with van der Waals surface area (Å²) in [5, 5.41) is 0. The highest BCUT2D eigenvalue weighted by Gasteiger charge is 2.11. The molecule has 0 radical (unpaired) electrons. The van der Waals surface area contributed by atoms with Crippen molar-refractivity contribution in [1.82, 2.24) is 0 Å². The summed E-state index contributed by atoms with van der Waals surface area (Å²) in [6, 6.07) is 7.77. The van der Waals surface area contributed by atoms with Gasteiger partial charge in [-0.15, -0.1) is 0 Å². The lowest BCUT2D eigenvalue weighted by atomic mass is 10.1. The van der Waals surface area contributed by atoms with Crippen LogP contribution in [0, 0.1) is 0 Å². The minimum absolute atomic E-state index is 0.0139. The molecule has 0 unspecified atom stereocenters. The standard InChI is InChI=1S/C9H9NO/c10-8-5-6-11-9-4-2-1-3-7(8)9/h1-6,8H,10H2/t8-/m0/s1. The second kappa shape index (κ2) is 2.40. The summed E-state index contributed by atoms with van der Waals surface area (Å²) >= 11 is 0. The zero-order valence-corrected chi connectivity index (χ0v) is 6.03. The second-order valence-corrected chi connectivity index (χ2v) is 2.51. The lowest BCUT2D eigenvalue weighted by Crippen LogP contribution is -2.11. The van der Waals surface area contributed by atoms with Crippen LogP contribution in [0.1, 0.15) is 11.6 Å². The van der Waals surface area contributed by atoms with Crippen molar-refractivity contribution in [3.8, 4) is 5.75 Å². The molecule has 0 amide bonds. The Morgan fingerprint density at radius 3 is 2.91 bits per heavy atom. The summed E-state index contributed by atoms with van der Waals surface area (Å²) in [5.41, 5.74) is 6.83. The van der Waals surface area contributed by atoms with Crippen molar-refractivity contribution in [1.29, 1.82) is 0 Å². The van der Waals surface area contributed by atoms with Crippen LogP contribution in [0.5, 0.6) is 5.75 Å². The summed E-state index contributed by atoms with van der Waals surface area (Å²) < 4.78 is 5.23. The quantitative estimate of drug-likeness (QED) is 0.604. The molecule has 0 fully saturated rings. The highest BCUT2D eigenvalue weighted by atomic mass is 16.5. The Morgan fingerprint density at radius 1 is 1.27 bits per heavy atom. The first-order valence-electron chi connectivity index (χ1n) is 3.56. The molecule has 2 nitrogen and oxygen atoms in total. The first kappa shape index (κ1) is 6.43. The zero-order chi connectivity index (χ0) is 7.68. The smallest absolute Gasteiger partial charge is 0.131 e. The minimum Gasteiger partial charge on any atom is -0.465 e. The van der Waals surface area contributed by atoms with Crippen molar-refractivity contribution < 1.29 is 4.74 Å². The van der Waals surface area contributed by atoms with Crippen molar-refractivity contribution >= 4 is 0 Å². The van der Waals surface area contributed by atoms with E-state index < -0.39 is 0 Å². The third-order valence-corrected chi connectivity index (χ3v) is 1.76. The van der Waals surface area contributed by atoms with Gasteiger partial charge in [0.05, 0.1) is 12.3 Å². The molecule has 0 aromatic heterocycles. The lowest BCUT2D eigenvalue weighted by molar-refractivity contribution is 0.454. The molecule has 2 N–H and O–H groups in total. The molecule has 0 saturated heterocycles. The van der Waals surface area contributed by atoms with Crippen LogP contribution in [-0.4, -0.2) is 0 Å². The first-order chi connectivity index (χ1) is 5.38. The van der Waals surface area contributed by atoms with Gasteiger partial charge in [0, 0.05) is 5.56 Å². The SMILES string of the molecule is N[C@H]1C=COc2ccccc21. The monoisotopic (exact) mass is 147 g/mol. The first-order valence-corrected chi connectivity index (χ1v) is 3.56. The highest BCUT2D eigenvalue weighted by molar-refractivity contribution is 5.40. The van der Waals surface area contributed by atoms with Gasteiger partial charge in [0.15, 0.2) is 0 Å². The average Bonchev–Trinajstić information content (AvgIpc) is 2.06. The topological polar surface area (TPSA) is 35.2 Å². The second-order valence-electron chi connectivity index (χ2n) is 2.51. The molecule has 0 spiro atoms. The van der Waals surface area contributed by atoms with Crippen molar-refractivity contribution in [3.63, 3.8) is 0 Å². The average molecular weight is 147 g/mol. The fraction of sp³-hybridized carbons (Fsp3) is 0.111. The van der Waals surface area contributed by atoms with E-state index >= 15 is 0 Å². The van der Waals surface area contributed by atoms with Crippen LogP contribution in [0.2, 0.25) is 0 Å². The molecular formula is C9H9NO. The Hall–Kier alpha value is -1.28. The third-order valence-electron chi connectivity index (χ3n) is 1.76. The summed E-state index contributed by atoms with van der Waals surface area (Å²) in [7, 11) is 0. The molecule has 1 aromatic carbocycles. The molecule has 1 heterocycles. The molecule has 1 atom stereocenters. The minimum atomic E-state index is -0.0139. The number of hydrogen-bond acceptors (Lipinski definition) is 2. The van der Waals surface area contributed by atoms with Gasteiger partial charge in [0.2, 0.25) is 0 Å². The van der Waals surface area contributed by atoms with E-state index in [4.69, 9.17) is 10.5 Å². The van der Waals surface area contributed by atoms with Gasteiger partial charge in [-0.3, -0.25) is 0 Å². The summed E-state index contributed by atoms with van der Waals surface area (Å²) in [6.07, 6.45) is 3.47. The van der Waals surface area contributed by atoms with Crippen LogP contribution in [0.3, 0.4) is 0 Å². The number of rotatable bonds is 0. The molecule has 1 aromatic rings. The largest absolute Gasteiger partial charge is 0.465 e. The maximum atomic E-state index is 5.78. The molecule has 0 saturated carbocycles. The normalized spacial score (nSPS) is 20.6. The molecule has 56 valence electrons. The fourth-order valence-electron chi connectivity index (χ4n) is 1.16. The van der Waals surface area contributed by atoms with Crippen LogP contribution in [0.4, 0.5) is 0 Å². The van der Waals surface area contributed by atoms with Gasteiger partial charge in [-0.2, -0.15) is 0 Å². The van der Waals surface area contributed by atoms with E-state index in [-0.39, 0.29) is 6.04 Å². The molecule has 1 aliphatic rings. The molecular weight excluding hydrogens is 138 g/mol. The number of fused-ring (bicyclic) bond motifs is 1. The van der Waals surface area contributed by atoms with E-state index in [0.717, 1.165) is 11.3 Å². The van der Waals surface area contributed by atoms with E-state index in [9.17, 15) is 0 Å². The van der Waals surface area contributed by atoms with Gasteiger partial charge in [-0.1, -0.05) is 18.2 Å². The number of hydrogen-bond donors (Lipinski definition) is 1. The summed E-state index contributed by atoms with van der Waals surface area (Å²) in [5.74, 6) is 0.863. The Bertz CT molecular complexity index is 293. The van der Waals surface area contributed by atoms with Crippen LogP contribution in [0.15, 0.2) is 36.6 Å². The molecule has 2 rings (SSSR count). The van der Waals surface area contributed by atoms with Gasteiger partial charge in [0.1, 0.15) is 5.75 Å². The predicted octanol–water partition coefficient (Wildman–Crippen LogP) is 1.59. The van der Waals surface area contributed by atoms with Gasteiger partial charge in [-0.25, -0.2) is 0 Å². The highest BCUT2D eigenvalue weighted by Crippen LogP contribution is 2.27. The van der Waals surface area contributed by atoms with Crippen LogP contribution in [0.25, 0.3) is 0 Å². The van der Waals surface area contributed by atoms with Gasteiger partial charge in [0.25, 0.3) is 0 Å². The van der Waals surface area contributed by atoms with Crippen LogP contribution < -0.4 is 10.5 Å². The third kappa shape index (κ3) is 1.01. The maximum Gasteiger partial charge on any atom is 0.131 e. The molecule has 0 aliphatic carbocycles. The van der Waals surface area contributed by atoms with Gasteiger partial charge < -0.3 is 10.5 Å². The molecule has 1 aliphatic heterocycles. The number of para-hydroxylation sites is 1. The lowest BCUT2D eigenvalue weighted by Gasteiger charge is -2.16. The van der Waals surface area contributed by atoms with E-state index in [2.05, 4.69) is 0 Å². The molecule has 11 heavy (non-hydrogen) atoms. The van der Waals surface area contributed by atoms with Gasteiger partial charge >= 0.3 is 0 Å². The molecule has 2 heteroatoms. The van der Waals surface area contributed by atoms with Crippen molar-refractivity contribution in [2.75, 3.05) is 0 Å². The zero-order valence-electron chi connectivity index (χ0n) is 6.03. The predicted molar refractivity (Wildman–Crippen MR) is 43.1 cm³/mol. The maximum absolute atomic E-state index is 5.78. The fourth-order valence-corrected chi connectivity index (χ4v) is 1.16. The summed E-state index contributed by atoms with van der Waals surface area (Å²) in [6.45, 7) is 0. The number of ether oxygens (including phenoxy) is 1. The number of benzene rings is 1. The Morgan fingerprint density at radius 2 is 2.09 bits per heavy atom.